The van der Waals surface area contributed by atoms with Crippen molar-refractivity contribution in [3.05, 3.63) is 71.8 Å². The maximum Gasteiger partial charge on any atom is 0.0438 e. The lowest BCUT2D eigenvalue weighted by molar-refractivity contribution is 0.678. The SMILES string of the molecule is C=Cc1ccccc1CN(c1ccccc1CC)C(C)C. The Morgan fingerprint density at radius 3 is 2.24 bits per heavy atom. The van der Waals surface area contributed by atoms with E-state index in [1.807, 2.05) is 6.08 Å². The van der Waals surface area contributed by atoms with Crippen LogP contribution in [0, 0.1) is 0 Å². The summed E-state index contributed by atoms with van der Waals surface area (Å²) in [6.07, 6.45) is 3.00. The molecule has 0 aliphatic heterocycles. The number of rotatable bonds is 6. The van der Waals surface area contributed by atoms with Crippen LogP contribution in [0.3, 0.4) is 0 Å². The molecular formula is C20H25N. The zero-order chi connectivity index (χ0) is 15.2. The molecule has 0 heterocycles. The van der Waals surface area contributed by atoms with Crippen molar-refractivity contribution in [3.63, 3.8) is 0 Å². The van der Waals surface area contributed by atoms with E-state index in [0.29, 0.717) is 6.04 Å². The fraction of sp³-hybridized carbons (Fsp3) is 0.300. The molecule has 0 aliphatic carbocycles. The van der Waals surface area contributed by atoms with Crippen molar-refractivity contribution in [1.29, 1.82) is 0 Å². The number of hydrogen-bond donors (Lipinski definition) is 0. The van der Waals surface area contributed by atoms with E-state index in [4.69, 9.17) is 0 Å². The molecule has 0 saturated carbocycles. The third kappa shape index (κ3) is 3.55. The highest BCUT2D eigenvalue weighted by molar-refractivity contribution is 5.57. The van der Waals surface area contributed by atoms with Gasteiger partial charge in [-0.3, -0.25) is 0 Å². The highest BCUT2D eigenvalue weighted by Gasteiger charge is 2.15. The van der Waals surface area contributed by atoms with Crippen LogP contribution in [-0.2, 0) is 13.0 Å². The highest BCUT2D eigenvalue weighted by Crippen LogP contribution is 2.26. The molecule has 0 spiro atoms. The van der Waals surface area contributed by atoms with Crippen LogP contribution in [0.2, 0.25) is 0 Å². The largest absolute Gasteiger partial charge is 0.365 e. The van der Waals surface area contributed by atoms with E-state index >= 15 is 0 Å². The van der Waals surface area contributed by atoms with Gasteiger partial charge in [-0.2, -0.15) is 0 Å². The zero-order valence-corrected chi connectivity index (χ0v) is 13.3. The summed E-state index contributed by atoms with van der Waals surface area (Å²) in [6, 6.07) is 17.7. The topological polar surface area (TPSA) is 3.24 Å². The van der Waals surface area contributed by atoms with Gasteiger partial charge in [-0.05, 0) is 43.0 Å². The molecule has 0 bridgehead atoms. The van der Waals surface area contributed by atoms with E-state index in [9.17, 15) is 0 Å². The van der Waals surface area contributed by atoms with Gasteiger partial charge in [-0.15, -0.1) is 0 Å². The predicted molar refractivity (Wildman–Crippen MR) is 93.7 cm³/mol. The Morgan fingerprint density at radius 2 is 1.62 bits per heavy atom. The third-order valence-corrected chi connectivity index (χ3v) is 3.92. The van der Waals surface area contributed by atoms with E-state index in [1.165, 1.54) is 22.4 Å². The van der Waals surface area contributed by atoms with Gasteiger partial charge in [0.2, 0.25) is 0 Å². The van der Waals surface area contributed by atoms with Gasteiger partial charge >= 0.3 is 0 Å². The lowest BCUT2D eigenvalue weighted by Crippen LogP contribution is -2.31. The standard InChI is InChI=1S/C20H25N/c1-5-17-11-7-8-13-19(17)15-21(16(3)4)20-14-10-9-12-18(20)6-2/h5,7-14,16H,1,6,15H2,2-4H3. The van der Waals surface area contributed by atoms with Crippen molar-refractivity contribution < 1.29 is 0 Å². The van der Waals surface area contributed by atoms with E-state index < -0.39 is 0 Å². The minimum Gasteiger partial charge on any atom is -0.365 e. The molecule has 0 unspecified atom stereocenters. The normalized spacial score (nSPS) is 10.7. The lowest BCUT2D eigenvalue weighted by atomic mass is 10.0. The summed E-state index contributed by atoms with van der Waals surface area (Å²) in [5.41, 5.74) is 5.29. The van der Waals surface area contributed by atoms with Gasteiger partial charge in [0.05, 0.1) is 0 Å². The second kappa shape index (κ2) is 7.12. The van der Waals surface area contributed by atoms with E-state index in [2.05, 4.69) is 80.8 Å². The van der Waals surface area contributed by atoms with E-state index in [0.717, 1.165) is 13.0 Å². The van der Waals surface area contributed by atoms with Crippen molar-refractivity contribution in [2.75, 3.05) is 4.90 Å². The van der Waals surface area contributed by atoms with Crippen molar-refractivity contribution >= 4 is 11.8 Å². The molecule has 0 amide bonds. The summed E-state index contributed by atoms with van der Waals surface area (Å²) < 4.78 is 0. The van der Waals surface area contributed by atoms with E-state index in [1.54, 1.807) is 0 Å². The summed E-state index contributed by atoms with van der Waals surface area (Å²) in [6.45, 7) is 11.6. The molecule has 0 saturated heterocycles. The number of nitrogens with zero attached hydrogens (tertiary/aromatic N) is 1. The fourth-order valence-corrected chi connectivity index (χ4v) is 2.70. The molecule has 2 aromatic carbocycles. The maximum atomic E-state index is 3.93. The Labute approximate surface area is 128 Å². The third-order valence-electron chi connectivity index (χ3n) is 3.92. The molecule has 21 heavy (non-hydrogen) atoms. The Morgan fingerprint density at radius 1 is 1.00 bits per heavy atom. The van der Waals surface area contributed by atoms with Crippen LogP contribution in [0.4, 0.5) is 5.69 Å². The van der Waals surface area contributed by atoms with Crippen molar-refractivity contribution in [2.45, 2.75) is 39.8 Å². The summed E-state index contributed by atoms with van der Waals surface area (Å²) in [4.78, 5) is 2.47. The highest BCUT2D eigenvalue weighted by atomic mass is 15.2. The van der Waals surface area contributed by atoms with Crippen molar-refractivity contribution in [1.82, 2.24) is 0 Å². The molecule has 0 radical (unpaired) electrons. The fourth-order valence-electron chi connectivity index (χ4n) is 2.70. The lowest BCUT2D eigenvalue weighted by Gasteiger charge is -2.31. The Kier molecular flexibility index (Phi) is 5.21. The van der Waals surface area contributed by atoms with Gasteiger partial charge in [-0.1, -0.05) is 62.0 Å². The molecule has 0 fully saturated rings. The van der Waals surface area contributed by atoms with Gasteiger partial charge < -0.3 is 4.90 Å². The van der Waals surface area contributed by atoms with Gasteiger partial charge in [0, 0.05) is 18.3 Å². The predicted octanol–water partition coefficient (Wildman–Crippen LogP) is 5.31. The minimum atomic E-state index is 0.454. The summed E-state index contributed by atoms with van der Waals surface area (Å²) in [5, 5.41) is 0. The van der Waals surface area contributed by atoms with Crippen molar-refractivity contribution in [3.8, 4) is 0 Å². The Hall–Kier alpha value is -2.02. The minimum absolute atomic E-state index is 0.454. The molecule has 0 aromatic heterocycles. The van der Waals surface area contributed by atoms with Crippen molar-refractivity contribution in [2.24, 2.45) is 0 Å². The maximum absolute atomic E-state index is 3.93. The average Bonchev–Trinajstić information content (AvgIpc) is 2.52. The Bertz CT molecular complexity index is 598. The van der Waals surface area contributed by atoms with Gasteiger partial charge in [0.25, 0.3) is 0 Å². The van der Waals surface area contributed by atoms with Crippen LogP contribution in [0.25, 0.3) is 6.08 Å². The Balaban J connectivity index is 2.38. The van der Waals surface area contributed by atoms with Gasteiger partial charge in [0.1, 0.15) is 0 Å². The monoisotopic (exact) mass is 279 g/mol. The van der Waals surface area contributed by atoms with Crippen LogP contribution in [0.15, 0.2) is 55.1 Å². The van der Waals surface area contributed by atoms with Gasteiger partial charge in [0.15, 0.2) is 0 Å². The van der Waals surface area contributed by atoms with Crippen LogP contribution >= 0.6 is 0 Å². The van der Waals surface area contributed by atoms with Crippen LogP contribution in [0.5, 0.6) is 0 Å². The van der Waals surface area contributed by atoms with E-state index in [-0.39, 0.29) is 0 Å². The molecule has 0 aliphatic rings. The molecule has 1 heteroatoms. The first-order valence-corrected chi connectivity index (χ1v) is 7.72. The second-order valence-corrected chi connectivity index (χ2v) is 5.61. The number of hydrogen-bond acceptors (Lipinski definition) is 1. The molecule has 0 N–H and O–H groups in total. The first kappa shape index (κ1) is 15.4. The summed E-state index contributed by atoms with van der Waals surface area (Å²) in [7, 11) is 0. The summed E-state index contributed by atoms with van der Waals surface area (Å²) >= 11 is 0. The average molecular weight is 279 g/mol. The molecule has 2 rings (SSSR count). The smallest absolute Gasteiger partial charge is 0.0438 e. The molecule has 110 valence electrons. The zero-order valence-electron chi connectivity index (χ0n) is 13.3. The molecule has 2 aromatic rings. The van der Waals surface area contributed by atoms with Crippen LogP contribution < -0.4 is 4.90 Å². The molecule has 0 atom stereocenters. The number of para-hydroxylation sites is 1. The first-order chi connectivity index (χ1) is 10.2. The first-order valence-electron chi connectivity index (χ1n) is 7.72. The number of benzene rings is 2. The van der Waals surface area contributed by atoms with Crippen LogP contribution in [-0.4, -0.2) is 6.04 Å². The molecule has 1 nitrogen and oxygen atoms in total. The number of aryl methyl sites for hydroxylation is 1. The number of anilines is 1. The molecular weight excluding hydrogens is 254 g/mol. The van der Waals surface area contributed by atoms with Crippen LogP contribution in [0.1, 0.15) is 37.5 Å². The second-order valence-electron chi connectivity index (χ2n) is 5.61. The van der Waals surface area contributed by atoms with Gasteiger partial charge in [-0.25, -0.2) is 0 Å². The summed E-state index contributed by atoms with van der Waals surface area (Å²) in [5.74, 6) is 0. The quantitative estimate of drug-likeness (QED) is 0.693.